The maximum Gasteiger partial charge on any atom is 0.320 e. The smallest absolute Gasteiger partial charge is 0.320 e. The molecule has 0 aliphatic rings. The van der Waals surface area contributed by atoms with Gasteiger partial charge in [0.25, 0.3) is 0 Å². The Morgan fingerprint density at radius 1 is 1.53 bits per heavy atom. The first kappa shape index (κ1) is 13.6. The summed E-state index contributed by atoms with van der Waals surface area (Å²) in [6.07, 6.45) is 0.539. The molecule has 0 aliphatic heterocycles. The standard InChI is InChI=1S/C11H19N3O3/c1-5-8(11(15)16)14(4)6-9-12-10(7(2)3)13-17-9/h7-8H,5-6H2,1-4H3,(H,15,16). The number of nitrogens with zero attached hydrogens (tertiary/aromatic N) is 3. The van der Waals surface area contributed by atoms with Crippen molar-refractivity contribution in [2.24, 2.45) is 0 Å². The molecule has 0 bridgehead atoms. The highest BCUT2D eigenvalue weighted by molar-refractivity contribution is 5.73. The summed E-state index contributed by atoms with van der Waals surface area (Å²) < 4.78 is 5.08. The zero-order chi connectivity index (χ0) is 13.0. The maximum absolute atomic E-state index is 11.0. The van der Waals surface area contributed by atoms with Crippen LogP contribution in [0, 0.1) is 0 Å². The summed E-state index contributed by atoms with van der Waals surface area (Å²) in [5, 5.41) is 12.8. The molecule has 1 N–H and O–H groups in total. The minimum Gasteiger partial charge on any atom is -0.480 e. The minimum absolute atomic E-state index is 0.208. The van der Waals surface area contributed by atoms with Gasteiger partial charge in [-0.3, -0.25) is 9.69 Å². The topological polar surface area (TPSA) is 79.5 Å². The van der Waals surface area contributed by atoms with Gasteiger partial charge in [0.05, 0.1) is 6.54 Å². The largest absolute Gasteiger partial charge is 0.480 e. The molecule has 1 atom stereocenters. The van der Waals surface area contributed by atoms with Crippen LogP contribution in [0.25, 0.3) is 0 Å². The lowest BCUT2D eigenvalue weighted by atomic mass is 10.2. The van der Waals surface area contributed by atoms with Gasteiger partial charge in [-0.05, 0) is 13.5 Å². The number of aliphatic carboxylic acids is 1. The number of carbonyl (C=O) groups is 1. The Labute approximate surface area is 101 Å². The van der Waals surface area contributed by atoms with Gasteiger partial charge in [-0.1, -0.05) is 25.9 Å². The summed E-state index contributed by atoms with van der Waals surface area (Å²) >= 11 is 0. The molecule has 96 valence electrons. The van der Waals surface area contributed by atoms with Crippen LogP contribution in [0.15, 0.2) is 4.52 Å². The first-order valence-electron chi connectivity index (χ1n) is 5.71. The van der Waals surface area contributed by atoms with Crippen LogP contribution in [0.4, 0.5) is 0 Å². The van der Waals surface area contributed by atoms with Crippen molar-refractivity contribution in [2.45, 2.75) is 45.7 Å². The Balaban J connectivity index is 2.66. The maximum atomic E-state index is 11.0. The molecule has 0 aromatic carbocycles. The first-order valence-corrected chi connectivity index (χ1v) is 5.71. The summed E-state index contributed by atoms with van der Waals surface area (Å²) in [6, 6.07) is -0.524. The monoisotopic (exact) mass is 241 g/mol. The summed E-state index contributed by atoms with van der Waals surface area (Å²) in [5.74, 6) is 0.477. The molecule has 0 saturated carbocycles. The van der Waals surface area contributed by atoms with E-state index in [9.17, 15) is 4.79 Å². The lowest BCUT2D eigenvalue weighted by Gasteiger charge is -2.21. The van der Waals surface area contributed by atoms with Crippen LogP contribution in [-0.2, 0) is 11.3 Å². The number of carboxylic acids is 1. The van der Waals surface area contributed by atoms with Crippen LogP contribution in [0.2, 0.25) is 0 Å². The average Bonchev–Trinajstić information content (AvgIpc) is 2.66. The van der Waals surface area contributed by atoms with E-state index in [1.807, 2.05) is 20.8 Å². The lowest BCUT2D eigenvalue weighted by molar-refractivity contribution is -0.143. The van der Waals surface area contributed by atoms with Crippen LogP contribution in [0.5, 0.6) is 0 Å². The number of likely N-dealkylation sites (N-methyl/N-ethyl adjacent to an activating group) is 1. The molecule has 17 heavy (non-hydrogen) atoms. The van der Waals surface area contributed by atoms with Crippen molar-refractivity contribution < 1.29 is 14.4 Å². The fourth-order valence-electron chi connectivity index (χ4n) is 1.57. The number of hydrogen-bond acceptors (Lipinski definition) is 5. The summed E-state index contributed by atoms with van der Waals surface area (Å²) in [7, 11) is 1.74. The highest BCUT2D eigenvalue weighted by atomic mass is 16.5. The van der Waals surface area contributed by atoms with E-state index in [-0.39, 0.29) is 5.92 Å². The molecule has 1 rings (SSSR count). The van der Waals surface area contributed by atoms with Gasteiger partial charge in [0, 0.05) is 5.92 Å². The molecule has 1 heterocycles. The predicted molar refractivity (Wildman–Crippen MR) is 61.6 cm³/mol. The number of rotatable bonds is 6. The zero-order valence-electron chi connectivity index (χ0n) is 10.7. The third-order valence-electron chi connectivity index (χ3n) is 2.59. The Morgan fingerprint density at radius 2 is 2.18 bits per heavy atom. The summed E-state index contributed by atoms with van der Waals surface area (Å²) in [5.41, 5.74) is 0. The van der Waals surface area contributed by atoms with E-state index in [1.54, 1.807) is 11.9 Å². The van der Waals surface area contributed by atoms with Crippen LogP contribution in [-0.4, -0.2) is 39.2 Å². The van der Waals surface area contributed by atoms with Crippen molar-refractivity contribution in [2.75, 3.05) is 7.05 Å². The molecule has 0 amide bonds. The van der Waals surface area contributed by atoms with E-state index in [1.165, 1.54) is 0 Å². The second-order valence-corrected chi connectivity index (χ2v) is 4.38. The highest BCUT2D eigenvalue weighted by Crippen LogP contribution is 2.12. The van der Waals surface area contributed by atoms with Gasteiger partial charge >= 0.3 is 5.97 Å². The molecular formula is C11H19N3O3. The fourth-order valence-corrected chi connectivity index (χ4v) is 1.57. The second-order valence-electron chi connectivity index (χ2n) is 4.38. The molecule has 0 aliphatic carbocycles. The van der Waals surface area contributed by atoms with Gasteiger partial charge in [0.2, 0.25) is 5.89 Å². The van der Waals surface area contributed by atoms with Crippen molar-refractivity contribution in [3.8, 4) is 0 Å². The van der Waals surface area contributed by atoms with Crippen LogP contribution >= 0.6 is 0 Å². The van der Waals surface area contributed by atoms with Gasteiger partial charge < -0.3 is 9.63 Å². The highest BCUT2D eigenvalue weighted by Gasteiger charge is 2.22. The van der Waals surface area contributed by atoms with Crippen LogP contribution < -0.4 is 0 Å². The minimum atomic E-state index is -0.835. The third-order valence-corrected chi connectivity index (χ3v) is 2.59. The van der Waals surface area contributed by atoms with E-state index >= 15 is 0 Å². The van der Waals surface area contributed by atoms with E-state index in [0.717, 1.165) is 0 Å². The van der Waals surface area contributed by atoms with E-state index in [4.69, 9.17) is 9.63 Å². The Hall–Kier alpha value is -1.43. The second kappa shape index (κ2) is 5.77. The molecular weight excluding hydrogens is 222 g/mol. The number of carboxylic acid groups (broad SMARTS) is 1. The van der Waals surface area contributed by atoms with Crippen molar-refractivity contribution >= 4 is 5.97 Å². The Morgan fingerprint density at radius 3 is 2.59 bits per heavy atom. The Bertz CT molecular complexity index is 376. The predicted octanol–water partition coefficient (Wildman–Crippen LogP) is 1.49. The number of aromatic nitrogens is 2. The van der Waals surface area contributed by atoms with Crippen molar-refractivity contribution in [3.63, 3.8) is 0 Å². The molecule has 0 radical (unpaired) electrons. The molecule has 1 unspecified atom stereocenters. The molecule has 1 aromatic rings. The van der Waals surface area contributed by atoms with Gasteiger partial charge in [0.1, 0.15) is 6.04 Å². The molecule has 6 heteroatoms. The normalized spacial score (nSPS) is 13.3. The van der Waals surface area contributed by atoms with Crippen LogP contribution in [0.1, 0.15) is 44.8 Å². The van der Waals surface area contributed by atoms with Crippen molar-refractivity contribution in [1.29, 1.82) is 0 Å². The fraction of sp³-hybridized carbons (Fsp3) is 0.727. The number of hydrogen-bond donors (Lipinski definition) is 1. The Kier molecular flexibility index (Phi) is 4.62. The van der Waals surface area contributed by atoms with Crippen molar-refractivity contribution in [1.82, 2.24) is 15.0 Å². The van der Waals surface area contributed by atoms with Gasteiger partial charge in [-0.15, -0.1) is 0 Å². The van der Waals surface area contributed by atoms with E-state index < -0.39 is 12.0 Å². The zero-order valence-corrected chi connectivity index (χ0v) is 10.7. The van der Waals surface area contributed by atoms with Gasteiger partial charge in [0.15, 0.2) is 5.82 Å². The molecule has 1 aromatic heterocycles. The quantitative estimate of drug-likeness (QED) is 0.812. The van der Waals surface area contributed by atoms with Crippen molar-refractivity contribution in [3.05, 3.63) is 11.7 Å². The molecule has 0 fully saturated rings. The third kappa shape index (κ3) is 3.52. The SMILES string of the molecule is CCC(C(=O)O)N(C)Cc1nc(C(C)C)no1. The average molecular weight is 241 g/mol. The van der Waals surface area contributed by atoms with Gasteiger partial charge in [-0.2, -0.15) is 4.98 Å². The summed E-state index contributed by atoms with van der Waals surface area (Å²) in [6.45, 7) is 6.14. The van der Waals surface area contributed by atoms with Crippen LogP contribution in [0.3, 0.4) is 0 Å². The van der Waals surface area contributed by atoms with Gasteiger partial charge in [-0.25, -0.2) is 0 Å². The lowest BCUT2D eigenvalue weighted by Crippen LogP contribution is -2.37. The molecule has 6 nitrogen and oxygen atoms in total. The molecule has 0 saturated heterocycles. The molecule has 0 spiro atoms. The van der Waals surface area contributed by atoms with E-state index in [2.05, 4.69) is 10.1 Å². The summed E-state index contributed by atoms with van der Waals surface area (Å²) in [4.78, 5) is 16.9. The van der Waals surface area contributed by atoms with E-state index in [0.29, 0.717) is 24.7 Å². The first-order chi connectivity index (χ1) is 7.95.